The van der Waals surface area contributed by atoms with Crippen LogP contribution < -0.4 is 86.6 Å². The number of phenols is 6. The standard InChI is InChI=1S/2C19H18O7.2C18H16O7/c1-22-14-6-5-10(7-13(14)21)15-9-12(20)11-8-16(23-2)18(24-3)19(25-4)17(11)26-15;1-22-13-6-5-10(7-11(13)20)14-8-12(21)17-15(26-14)9-16(23-2)18(24-3)19(17)25-4;1-22-14-8-10-15(21)13(7-9-4-5-11(19)12(20)6-9)25-16(10)18(24-3)17(14)23-2;1-22-14-8-12-15(18(24-3)17(14)23-2)16(21)13(25-12)7-9-4-5-10(19)11(20)6-9/h5-9,21H,1-4H3;5-9,20H,1-4H3;2*4-8,19-20H,1-3H3/b;;2*13-7-. The maximum atomic E-state index is 12.7. The predicted octanol–water partition coefficient (Wildman–Crippen LogP) is 11.9. The molecule has 0 aliphatic carbocycles. The van der Waals surface area contributed by atoms with E-state index in [0.29, 0.717) is 85.1 Å². The zero-order valence-electron chi connectivity index (χ0n) is 57.2. The summed E-state index contributed by atoms with van der Waals surface area (Å²) in [7, 11) is 20.4. The van der Waals surface area contributed by atoms with Crippen LogP contribution in [0.25, 0.3) is 56.7 Å². The molecule has 8 aromatic carbocycles. The maximum absolute atomic E-state index is 12.7. The average Bonchev–Trinajstić information content (AvgIpc) is 1.15. The van der Waals surface area contributed by atoms with Crippen molar-refractivity contribution < 1.29 is 125 Å². The van der Waals surface area contributed by atoms with Gasteiger partial charge in [0, 0.05) is 35.4 Å². The highest BCUT2D eigenvalue weighted by Crippen LogP contribution is 2.52. The summed E-state index contributed by atoms with van der Waals surface area (Å²) in [5.74, 6) is 3.51. The van der Waals surface area contributed by atoms with Crippen LogP contribution in [0.2, 0.25) is 0 Å². The summed E-state index contributed by atoms with van der Waals surface area (Å²) < 4.78 is 96.7. The molecule has 0 atom stereocenters. The monoisotopic (exact) mass is 1400 g/mol. The Hall–Kier alpha value is -13.4. The molecule has 0 unspecified atom stereocenters. The summed E-state index contributed by atoms with van der Waals surface area (Å²) in [4.78, 5) is 50.7. The fourth-order valence-corrected chi connectivity index (χ4v) is 10.7. The Kier molecular flexibility index (Phi) is 22.4. The number of Topliss-reactive ketones (excluding diaryl/α,β-unsaturated/α-hetero) is 2. The number of fused-ring (bicyclic) bond motifs is 4. The molecule has 12 rings (SSSR count). The van der Waals surface area contributed by atoms with Crippen molar-refractivity contribution in [1.29, 1.82) is 0 Å². The number of carbonyl (C=O) groups excluding carboxylic acids is 2. The summed E-state index contributed by atoms with van der Waals surface area (Å²) in [6.45, 7) is 0. The van der Waals surface area contributed by atoms with Gasteiger partial charge < -0.3 is 115 Å². The first kappa shape index (κ1) is 72.9. The van der Waals surface area contributed by atoms with E-state index in [1.807, 2.05) is 0 Å². The van der Waals surface area contributed by atoms with Crippen LogP contribution in [0, 0.1) is 0 Å². The van der Waals surface area contributed by atoms with Crippen molar-refractivity contribution in [3.05, 3.63) is 163 Å². The first-order valence-corrected chi connectivity index (χ1v) is 29.9. The van der Waals surface area contributed by atoms with Gasteiger partial charge in [-0.3, -0.25) is 19.2 Å². The molecule has 0 spiro atoms. The maximum Gasteiger partial charge on any atom is 0.235 e. The van der Waals surface area contributed by atoms with E-state index in [0.717, 1.165) is 0 Å². The Morgan fingerprint density at radius 2 is 0.765 bits per heavy atom. The van der Waals surface area contributed by atoms with Crippen molar-refractivity contribution in [1.82, 2.24) is 0 Å². The minimum absolute atomic E-state index is 0.0497. The van der Waals surface area contributed by atoms with E-state index in [-0.39, 0.29) is 142 Å². The van der Waals surface area contributed by atoms with E-state index in [4.69, 9.17) is 84.6 Å². The Bertz CT molecular complexity index is 5010. The number of hydrogen-bond acceptors (Lipinski definition) is 28. The van der Waals surface area contributed by atoms with E-state index < -0.39 is 0 Å². The Balaban J connectivity index is 0.000000158. The molecule has 2 aromatic heterocycles. The number of methoxy groups -OCH3 is 14. The fraction of sp³-hybridized carbons (Fsp3) is 0.189. The Morgan fingerprint density at radius 1 is 0.333 bits per heavy atom. The molecule has 102 heavy (non-hydrogen) atoms. The van der Waals surface area contributed by atoms with E-state index >= 15 is 0 Å². The van der Waals surface area contributed by atoms with Crippen molar-refractivity contribution in [2.24, 2.45) is 0 Å². The van der Waals surface area contributed by atoms with E-state index in [1.165, 1.54) is 172 Å². The van der Waals surface area contributed by atoms with Crippen LogP contribution in [-0.4, -0.2) is 142 Å². The summed E-state index contributed by atoms with van der Waals surface area (Å²) in [6, 6.07) is 26.6. The Morgan fingerprint density at radius 3 is 1.25 bits per heavy atom. The van der Waals surface area contributed by atoms with Crippen LogP contribution in [0.5, 0.6) is 126 Å². The van der Waals surface area contributed by atoms with Gasteiger partial charge in [-0.05, 0) is 96.1 Å². The molecule has 0 saturated carbocycles. The van der Waals surface area contributed by atoms with Crippen molar-refractivity contribution in [3.8, 4) is 149 Å². The average molecular weight is 1410 g/mol. The molecule has 0 fully saturated rings. The van der Waals surface area contributed by atoms with Crippen molar-refractivity contribution >= 4 is 45.7 Å². The molecule has 28 heteroatoms. The molecule has 0 bridgehead atoms. The summed E-state index contributed by atoms with van der Waals surface area (Å²) >= 11 is 0. The first-order valence-electron chi connectivity index (χ1n) is 29.9. The second-order valence-electron chi connectivity index (χ2n) is 21.2. The van der Waals surface area contributed by atoms with Gasteiger partial charge in [0.2, 0.25) is 46.1 Å². The second-order valence-corrected chi connectivity index (χ2v) is 21.2. The fourth-order valence-electron chi connectivity index (χ4n) is 10.7. The number of benzene rings is 8. The van der Waals surface area contributed by atoms with Gasteiger partial charge in [0.15, 0.2) is 114 Å². The minimum Gasteiger partial charge on any atom is -0.504 e. The van der Waals surface area contributed by atoms with Gasteiger partial charge in [0.25, 0.3) is 0 Å². The SMILES string of the molecule is COc1cc2c(c(OC)c1OC)C(=O)/C(=C/c1ccc(O)c(O)c1)O2.COc1cc2c(c(OC)c1OC)O/C(=C\c1ccc(O)c(O)c1)C2=O.COc1ccc(-c2cc(=O)c3c(OC)c(OC)c(OC)cc3o2)cc1O.COc1ccc(-c2cc(=O)c3cc(OC)c(OC)c(OC)c3o2)cc1O. The molecule has 0 amide bonds. The summed E-state index contributed by atoms with van der Waals surface area (Å²) in [5, 5.41) is 58.4. The smallest absolute Gasteiger partial charge is 0.235 e. The van der Waals surface area contributed by atoms with E-state index in [1.54, 1.807) is 48.5 Å². The lowest BCUT2D eigenvalue weighted by molar-refractivity contribution is 0.100. The quantitative estimate of drug-likeness (QED) is 0.0343. The zero-order chi connectivity index (χ0) is 74.0. The molecule has 10 aromatic rings. The number of hydrogen-bond donors (Lipinski definition) is 6. The van der Waals surface area contributed by atoms with Crippen LogP contribution in [0.3, 0.4) is 0 Å². The van der Waals surface area contributed by atoms with Gasteiger partial charge in [0.1, 0.15) is 33.8 Å². The highest BCUT2D eigenvalue weighted by Gasteiger charge is 2.37. The van der Waals surface area contributed by atoms with Gasteiger partial charge in [-0.15, -0.1) is 0 Å². The number of rotatable bonds is 18. The van der Waals surface area contributed by atoms with Gasteiger partial charge in [-0.1, -0.05) is 12.1 Å². The molecular weight excluding hydrogens is 1340 g/mol. The number of ketones is 2. The van der Waals surface area contributed by atoms with Crippen molar-refractivity contribution in [3.63, 3.8) is 0 Å². The zero-order valence-corrected chi connectivity index (χ0v) is 57.2. The largest absolute Gasteiger partial charge is 0.504 e. The summed E-state index contributed by atoms with van der Waals surface area (Å²) in [6.07, 6.45) is 2.92. The van der Waals surface area contributed by atoms with Gasteiger partial charge in [-0.2, -0.15) is 0 Å². The number of carbonyl (C=O) groups is 2. The molecule has 2 aliphatic rings. The molecule has 0 saturated heterocycles. The Labute approximate surface area is 580 Å². The van der Waals surface area contributed by atoms with Crippen LogP contribution in [0.4, 0.5) is 0 Å². The summed E-state index contributed by atoms with van der Waals surface area (Å²) in [5.41, 5.74) is 2.44. The molecule has 6 N–H and O–H groups in total. The number of ether oxygens (including phenoxy) is 16. The molecule has 0 radical (unpaired) electrons. The third-order valence-electron chi connectivity index (χ3n) is 15.5. The van der Waals surface area contributed by atoms with E-state index in [9.17, 15) is 49.8 Å². The third kappa shape index (κ3) is 14.3. The third-order valence-corrected chi connectivity index (χ3v) is 15.5. The molecule has 28 nitrogen and oxygen atoms in total. The molecular formula is C74H68O28. The lowest BCUT2D eigenvalue weighted by Gasteiger charge is -2.14. The van der Waals surface area contributed by atoms with Gasteiger partial charge in [-0.25, -0.2) is 0 Å². The van der Waals surface area contributed by atoms with E-state index in [2.05, 4.69) is 0 Å². The van der Waals surface area contributed by atoms with Crippen molar-refractivity contribution in [2.45, 2.75) is 0 Å². The highest BCUT2D eigenvalue weighted by atomic mass is 16.6. The molecule has 532 valence electrons. The molecule has 4 heterocycles. The second kappa shape index (κ2) is 31.4. The lowest BCUT2D eigenvalue weighted by atomic mass is 10.1. The van der Waals surface area contributed by atoms with Crippen LogP contribution in [-0.2, 0) is 0 Å². The van der Waals surface area contributed by atoms with Crippen LogP contribution >= 0.6 is 0 Å². The van der Waals surface area contributed by atoms with Gasteiger partial charge >= 0.3 is 0 Å². The number of aromatic hydroxyl groups is 6. The van der Waals surface area contributed by atoms with Crippen LogP contribution in [0.1, 0.15) is 31.8 Å². The first-order chi connectivity index (χ1) is 49.1. The molecule has 2 aliphatic heterocycles. The minimum atomic E-state index is -0.389. The van der Waals surface area contributed by atoms with Crippen molar-refractivity contribution in [2.75, 3.05) is 99.5 Å². The predicted molar refractivity (Wildman–Crippen MR) is 369 cm³/mol. The topological polar surface area (TPSA) is 364 Å². The number of allylic oxidation sites excluding steroid dienone is 2. The number of phenolic OH excluding ortho intramolecular Hbond substituents is 6. The lowest BCUT2D eigenvalue weighted by Crippen LogP contribution is -2.05. The highest BCUT2D eigenvalue weighted by molar-refractivity contribution is 6.17. The normalized spacial score (nSPS) is 12.4. The van der Waals surface area contributed by atoms with Gasteiger partial charge in [0.05, 0.1) is 110 Å². The van der Waals surface area contributed by atoms with Crippen LogP contribution in [0.15, 0.2) is 139 Å².